The van der Waals surface area contributed by atoms with E-state index in [1.165, 1.54) is 4.59 Å². The number of nitrogens with zero attached hydrogens (tertiary/aromatic N) is 3. The third-order valence-corrected chi connectivity index (χ3v) is 1.16. The number of aromatic nitrogens is 3. The maximum absolute atomic E-state index is 5.28. The van der Waals surface area contributed by atoms with Gasteiger partial charge < -0.3 is 4.59 Å². The molecule has 0 saturated carbocycles. The molecule has 1 aromatic rings. The van der Waals surface area contributed by atoms with Gasteiger partial charge in [0, 0.05) is 5.69 Å². The van der Waals surface area contributed by atoms with Crippen molar-refractivity contribution in [3.63, 3.8) is 0 Å². The topological polar surface area (TPSA) is 30.7 Å². The van der Waals surface area contributed by atoms with Crippen LogP contribution in [0.5, 0.6) is 0 Å². The summed E-state index contributed by atoms with van der Waals surface area (Å²) in [5.74, 6) is 0. The van der Waals surface area contributed by atoms with Crippen molar-refractivity contribution in [2.75, 3.05) is 0 Å². The maximum Gasteiger partial charge on any atom is 0.267 e. The van der Waals surface area contributed by atoms with E-state index >= 15 is 0 Å². The minimum absolute atomic E-state index is 0.882. The van der Waals surface area contributed by atoms with E-state index in [2.05, 4.69) is 10.3 Å². The van der Waals surface area contributed by atoms with E-state index < -0.39 is 0 Å². The average Bonchev–Trinajstić information content (AvgIpc) is 1.98. The molecular formula is C4H6BN3. The van der Waals surface area contributed by atoms with Crippen molar-refractivity contribution in [2.24, 2.45) is 0 Å². The second-order valence-electron chi connectivity index (χ2n) is 1.70. The minimum Gasteiger partial charge on any atom is -0.308 e. The Morgan fingerprint density at radius 1 is 1.50 bits per heavy atom. The number of aryl methyl sites for hydroxylation is 1. The highest BCUT2D eigenvalue weighted by Gasteiger charge is 1.95. The summed E-state index contributed by atoms with van der Waals surface area (Å²) in [5.41, 5.74) is 1.79. The third-order valence-electron chi connectivity index (χ3n) is 1.16. The molecule has 2 radical (unpaired) electrons. The van der Waals surface area contributed by atoms with E-state index in [0.29, 0.717) is 0 Å². The number of hydrogen-bond donors (Lipinski definition) is 0. The first kappa shape index (κ1) is 5.34. The van der Waals surface area contributed by atoms with Crippen LogP contribution in [0, 0.1) is 13.8 Å². The quantitative estimate of drug-likeness (QED) is 0.430. The molecule has 0 aromatic carbocycles. The molecule has 1 heterocycles. The van der Waals surface area contributed by atoms with Crippen LogP contribution in [0.15, 0.2) is 0 Å². The Morgan fingerprint density at radius 2 is 2.12 bits per heavy atom. The van der Waals surface area contributed by atoms with Gasteiger partial charge in [0.25, 0.3) is 7.98 Å². The van der Waals surface area contributed by atoms with Crippen molar-refractivity contribution >= 4 is 7.98 Å². The van der Waals surface area contributed by atoms with Crippen molar-refractivity contribution in [2.45, 2.75) is 13.8 Å². The van der Waals surface area contributed by atoms with Crippen LogP contribution in [0.3, 0.4) is 0 Å². The van der Waals surface area contributed by atoms with Crippen LogP contribution in [-0.2, 0) is 0 Å². The van der Waals surface area contributed by atoms with Gasteiger partial charge in [-0.2, -0.15) is 0 Å². The summed E-state index contributed by atoms with van der Waals surface area (Å²) in [7, 11) is 5.28. The third kappa shape index (κ3) is 0.618. The summed E-state index contributed by atoms with van der Waals surface area (Å²) >= 11 is 0. The molecule has 0 unspecified atom stereocenters. The van der Waals surface area contributed by atoms with Crippen molar-refractivity contribution in [1.29, 1.82) is 0 Å². The summed E-state index contributed by atoms with van der Waals surface area (Å²) in [4.78, 5) is 0. The lowest BCUT2D eigenvalue weighted by atomic mass is 10.3. The molecule has 4 heteroatoms. The number of rotatable bonds is 0. The van der Waals surface area contributed by atoms with Gasteiger partial charge in [-0.05, 0) is 13.8 Å². The lowest BCUT2D eigenvalue weighted by molar-refractivity contribution is 0.859. The molecule has 8 heavy (non-hydrogen) atoms. The minimum atomic E-state index is 0.882. The lowest BCUT2D eigenvalue weighted by Gasteiger charge is -1.88. The Bertz CT molecular complexity index is 174. The fourth-order valence-corrected chi connectivity index (χ4v) is 0.420. The van der Waals surface area contributed by atoms with Gasteiger partial charge in [0.2, 0.25) is 0 Å². The molecule has 0 amide bonds. The van der Waals surface area contributed by atoms with E-state index in [0.717, 1.165) is 11.4 Å². The monoisotopic (exact) mass is 107 g/mol. The maximum atomic E-state index is 5.28. The van der Waals surface area contributed by atoms with E-state index in [9.17, 15) is 0 Å². The largest absolute Gasteiger partial charge is 0.308 e. The highest BCUT2D eigenvalue weighted by molar-refractivity contribution is 6.06. The first-order valence-corrected chi connectivity index (χ1v) is 2.36. The van der Waals surface area contributed by atoms with E-state index in [1.807, 2.05) is 13.8 Å². The Labute approximate surface area is 49.1 Å². The first-order valence-electron chi connectivity index (χ1n) is 2.36. The Balaban J connectivity index is 3.19. The van der Waals surface area contributed by atoms with Gasteiger partial charge in [0.05, 0.1) is 5.69 Å². The molecule has 0 aliphatic heterocycles. The van der Waals surface area contributed by atoms with Crippen LogP contribution in [-0.4, -0.2) is 22.9 Å². The molecule has 0 aliphatic rings. The summed E-state index contributed by atoms with van der Waals surface area (Å²) in [5, 5.41) is 7.26. The lowest BCUT2D eigenvalue weighted by Crippen LogP contribution is -1.95. The van der Waals surface area contributed by atoms with Gasteiger partial charge in [-0.3, -0.25) is 0 Å². The van der Waals surface area contributed by atoms with Crippen molar-refractivity contribution in [1.82, 2.24) is 14.9 Å². The molecular weight excluding hydrogens is 101 g/mol. The van der Waals surface area contributed by atoms with Crippen molar-refractivity contribution in [3.8, 4) is 0 Å². The normalized spacial score (nSPS) is 9.75. The van der Waals surface area contributed by atoms with Gasteiger partial charge in [-0.25, -0.2) is 0 Å². The molecule has 0 N–H and O–H groups in total. The SMILES string of the molecule is [B]n1nnc(C)c1C. The molecule has 0 aliphatic carbocycles. The molecule has 0 atom stereocenters. The second kappa shape index (κ2) is 1.61. The smallest absolute Gasteiger partial charge is 0.267 e. The van der Waals surface area contributed by atoms with Crippen LogP contribution in [0.25, 0.3) is 0 Å². The zero-order chi connectivity index (χ0) is 6.15. The van der Waals surface area contributed by atoms with Gasteiger partial charge in [0.1, 0.15) is 0 Å². The number of hydrogen-bond acceptors (Lipinski definition) is 2. The molecule has 1 rings (SSSR count). The Hall–Kier alpha value is -0.795. The predicted octanol–water partition coefficient (Wildman–Crippen LogP) is -0.173. The summed E-state index contributed by atoms with van der Waals surface area (Å²) in [6, 6.07) is 0. The van der Waals surface area contributed by atoms with Gasteiger partial charge >= 0.3 is 0 Å². The molecule has 0 bridgehead atoms. The van der Waals surface area contributed by atoms with Crippen LogP contribution < -0.4 is 0 Å². The molecule has 0 fully saturated rings. The molecule has 0 spiro atoms. The second-order valence-corrected chi connectivity index (χ2v) is 1.70. The molecule has 1 aromatic heterocycles. The van der Waals surface area contributed by atoms with Crippen molar-refractivity contribution in [3.05, 3.63) is 11.4 Å². The van der Waals surface area contributed by atoms with Gasteiger partial charge in [-0.15, -0.1) is 5.10 Å². The zero-order valence-corrected chi connectivity index (χ0v) is 4.92. The van der Waals surface area contributed by atoms with Crippen molar-refractivity contribution < 1.29 is 0 Å². The molecule has 3 nitrogen and oxygen atoms in total. The summed E-state index contributed by atoms with van der Waals surface area (Å²) in [6.07, 6.45) is 0. The Morgan fingerprint density at radius 3 is 2.25 bits per heavy atom. The first-order chi connectivity index (χ1) is 3.72. The van der Waals surface area contributed by atoms with Crippen LogP contribution in [0.2, 0.25) is 0 Å². The van der Waals surface area contributed by atoms with Gasteiger partial charge in [0.15, 0.2) is 0 Å². The van der Waals surface area contributed by atoms with E-state index in [1.54, 1.807) is 0 Å². The average molecular weight is 107 g/mol. The summed E-state index contributed by atoms with van der Waals surface area (Å²) < 4.78 is 1.26. The summed E-state index contributed by atoms with van der Waals surface area (Å²) in [6.45, 7) is 3.74. The van der Waals surface area contributed by atoms with Gasteiger partial charge in [-0.1, -0.05) is 5.21 Å². The molecule has 0 saturated heterocycles. The highest BCUT2D eigenvalue weighted by atomic mass is 15.4. The van der Waals surface area contributed by atoms with E-state index in [-0.39, 0.29) is 0 Å². The fraction of sp³-hybridized carbons (Fsp3) is 0.500. The Kier molecular flexibility index (Phi) is 1.08. The predicted molar refractivity (Wildman–Crippen MR) is 30.6 cm³/mol. The van der Waals surface area contributed by atoms with E-state index in [4.69, 9.17) is 7.98 Å². The zero-order valence-electron chi connectivity index (χ0n) is 4.92. The fourth-order valence-electron chi connectivity index (χ4n) is 0.420. The standard InChI is InChI=1S/C4H6BN3/c1-3-4(2)8(5)7-6-3/h1-2H3. The van der Waals surface area contributed by atoms with Crippen LogP contribution in [0.1, 0.15) is 11.4 Å². The molecule has 40 valence electrons. The van der Waals surface area contributed by atoms with Crippen LogP contribution in [0.4, 0.5) is 0 Å². The highest BCUT2D eigenvalue weighted by Crippen LogP contribution is 1.95. The van der Waals surface area contributed by atoms with Crippen LogP contribution >= 0.6 is 0 Å².